The molecule has 2 aliphatic heterocycles. The van der Waals surface area contributed by atoms with Gasteiger partial charge in [-0.2, -0.15) is 23.5 Å². The van der Waals surface area contributed by atoms with E-state index in [4.69, 9.17) is 0 Å². The summed E-state index contributed by atoms with van der Waals surface area (Å²) in [6, 6.07) is 6.04. The first-order chi connectivity index (χ1) is 11.8. The molecule has 8 heteroatoms. The largest absolute Gasteiger partial charge is 0.370 e. The summed E-state index contributed by atoms with van der Waals surface area (Å²) >= 11 is 3.86. The van der Waals surface area contributed by atoms with E-state index in [-0.39, 0.29) is 11.7 Å². The predicted molar refractivity (Wildman–Crippen MR) is 100 cm³/mol. The number of hydrogen-bond donors (Lipinski definition) is 0. The average molecular weight is 361 g/mol. The molecule has 6 nitrogen and oxygen atoms in total. The van der Waals surface area contributed by atoms with E-state index in [1.165, 1.54) is 0 Å². The number of anilines is 1. The van der Waals surface area contributed by atoms with Crippen LogP contribution in [0, 0.1) is 0 Å². The Kier molecular flexibility index (Phi) is 4.75. The third-order valence-electron chi connectivity index (χ3n) is 4.30. The maximum Gasteiger partial charge on any atom is 0.293 e. The lowest BCUT2D eigenvalue weighted by Gasteiger charge is -2.28. The standard InChI is InChI=1S/C16H19N5OS2/c22-16(21-5-9-24-10-6-21)15-17-14-11-12(1-2-13(14)18-19-15)20-3-7-23-8-4-20/h1-2,11H,3-10H2. The Morgan fingerprint density at radius 2 is 1.62 bits per heavy atom. The highest BCUT2D eigenvalue weighted by molar-refractivity contribution is 7.99. The smallest absolute Gasteiger partial charge is 0.293 e. The molecule has 1 amide bonds. The topological polar surface area (TPSA) is 62.2 Å². The van der Waals surface area contributed by atoms with Crippen LogP contribution in [0.15, 0.2) is 18.2 Å². The summed E-state index contributed by atoms with van der Waals surface area (Å²) in [5.74, 6) is 4.35. The molecule has 4 rings (SSSR count). The van der Waals surface area contributed by atoms with E-state index in [9.17, 15) is 4.79 Å². The number of benzene rings is 1. The number of aromatic nitrogens is 3. The van der Waals surface area contributed by atoms with Crippen molar-refractivity contribution in [2.45, 2.75) is 0 Å². The lowest BCUT2D eigenvalue weighted by Crippen LogP contribution is -2.38. The molecule has 1 aromatic carbocycles. The van der Waals surface area contributed by atoms with Gasteiger partial charge in [0.25, 0.3) is 5.91 Å². The number of hydrogen-bond acceptors (Lipinski definition) is 7. The van der Waals surface area contributed by atoms with Crippen LogP contribution in [0.2, 0.25) is 0 Å². The summed E-state index contributed by atoms with van der Waals surface area (Å²) in [5.41, 5.74) is 2.63. The van der Waals surface area contributed by atoms with E-state index in [0.29, 0.717) is 0 Å². The number of nitrogens with zero attached hydrogens (tertiary/aromatic N) is 5. The molecule has 2 aromatic rings. The molecule has 2 aliphatic rings. The highest BCUT2D eigenvalue weighted by atomic mass is 32.2. The van der Waals surface area contributed by atoms with Gasteiger partial charge in [-0.15, -0.1) is 10.2 Å². The number of carbonyl (C=O) groups is 1. The molecule has 0 N–H and O–H groups in total. The molecule has 1 aromatic heterocycles. The van der Waals surface area contributed by atoms with Crippen molar-refractivity contribution in [2.24, 2.45) is 0 Å². The van der Waals surface area contributed by atoms with Gasteiger partial charge in [-0.25, -0.2) is 4.98 Å². The first kappa shape index (κ1) is 16.0. The molecule has 24 heavy (non-hydrogen) atoms. The van der Waals surface area contributed by atoms with Gasteiger partial charge in [0.15, 0.2) is 0 Å². The Morgan fingerprint density at radius 3 is 2.38 bits per heavy atom. The van der Waals surface area contributed by atoms with Gasteiger partial charge in [-0.05, 0) is 18.2 Å². The van der Waals surface area contributed by atoms with Crippen LogP contribution < -0.4 is 4.90 Å². The lowest BCUT2D eigenvalue weighted by molar-refractivity contribution is 0.0759. The molecule has 2 saturated heterocycles. The van der Waals surface area contributed by atoms with Gasteiger partial charge in [0, 0.05) is 54.9 Å². The molecule has 3 heterocycles. The lowest BCUT2D eigenvalue weighted by atomic mass is 10.2. The predicted octanol–water partition coefficient (Wildman–Crippen LogP) is 1.77. The zero-order valence-electron chi connectivity index (χ0n) is 13.3. The van der Waals surface area contributed by atoms with Crippen LogP contribution in [0.5, 0.6) is 0 Å². The summed E-state index contributed by atoms with van der Waals surface area (Å²) in [6.45, 7) is 3.62. The number of thioether (sulfide) groups is 2. The van der Waals surface area contributed by atoms with Crippen molar-refractivity contribution in [2.75, 3.05) is 54.1 Å². The van der Waals surface area contributed by atoms with Gasteiger partial charge < -0.3 is 9.80 Å². The molecule has 126 valence electrons. The molecular weight excluding hydrogens is 342 g/mol. The first-order valence-corrected chi connectivity index (χ1v) is 10.5. The Morgan fingerprint density at radius 1 is 0.917 bits per heavy atom. The van der Waals surface area contributed by atoms with Crippen LogP contribution in [0.25, 0.3) is 11.0 Å². The van der Waals surface area contributed by atoms with Gasteiger partial charge in [0.1, 0.15) is 5.52 Å². The number of amides is 1. The molecule has 0 radical (unpaired) electrons. The maximum atomic E-state index is 12.6. The highest BCUT2D eigenvalue weighted by Crippen LogP contribution is 2.23. The molecule has 0 atom stereocenters. The van der Waals surface area contributed by atoms with Crippen molar-refractivity contribution < 1.29 is 4.79 Å². The van der Waals surface area contributed by atoms with Gasteiger partial charge >= 0.3 is 0 Å². The van der Waals surface area contributed by atoms with Crippen LogP contribution in [0.3, 0.4) is 0 Å². The van der Waals surface area contributed by atoms with Crippen LogP contribution in [0.1, 0.15) is 10.6 Å². The highest BCUT2D eigenvalue weighted by Gasteiger charge is 2.22. The van der Waals surface area contributed by atoms with Gasteiger partial charge in [-0.1, -0.05) is 0 Å². The molecule has 0 bridgehead atoms. The van der Waals surface area contributed by atoms with Crippen LogP contribution in [-0.4, -0.2) is 75.2 Å². The van der Waals surface area contributed by atoms with Gasteiger partial charge in [0.2, 0.25) is 5.82 Å². The van der Waals surface area contributed by atoms with E-state index in [1.807, 2.05) is 40.6 Å². The fraction of sp³-hybridized carbons (Fsp3) is 0.500. The number of fused-ring (bicyclic) bond motifs is 1. The zero-order valence-corrected chi connectivity index (χ0v) is 15.0. The fourth-order valence-electron chi connectivity index (χ4n) is 2.94. The second-order valence-corrected chi connectivity index (χ2v) is 8.26. The zero-order chi connectivity index (χ0) is 16.4. The molecular formula is C16H19N5OS2. The van der Waals surface area contributed by atoms with Crippen molar-refractivity contribution in [1.82, 2.24) is 20.1 Å². The summed E-state index contributed by atoms with van der Waals surface area (Å²) in [7, 11) is 0. The minimum absolute atomic E-state index is 0.107. The van der Waals surface area contributed by atoms with Crippen molar-refractivity contribution >= 4 is 46.2 Å². The van der Waals surface area contributed by atoms with Crippen molar-refractivity contribution in [3.63, 3.8) is 0 Å². The third kappa shape index (κ3) is 3.30. The summed E-state index contributed by atoms with van der Waals surface area (Å²) in [4.78, 5) is 21.3. The monoisotopic (exact) mass is 361 g/mol. The van der Waals surface area contributed by atoms with Crippen LogP contribution >= 0.6 is 23.5 Å². The Bertz CT molecular complexity index is 744. The minimum Gasteiger partial charge on any atom is -0.370 e. The van der Waals surface area contributed by atoms with E-state index < -0.39 is 0 Å². The Hall–Kier alpha value is -1.54. The number of rotatable bonds is 2. The van der Waals surface area contributed by atoms with Crippen molar-refractivity contribution in [3.8, 4) is 0 Å². The average Bonchev–Trinajstić information content (AvgIpc) is 2.68. The van der Waals surface area contributed by atoms with Gasteiger partial charge in [0.05, 0.1) is 5.52 Å². The van der Waals surface area contributed by atoms with E-state index >= 15 is 0 Å². The summed E-state index contributed by atoms with van der Waals surface area (Å²) < 4.78 is 0. The second kappa shape index (κ2) is 7.14. The van der Waals surface area contributed by atoms with Crippen LogP contribution in [-0.2, 0) is 0 Å². The Balaban J connectivity index is 1.61. The molecule has 0 spiro atoms. The molecule has 0 saturated carbocycles. The molecule has 0 unspecified atom stereocenters. The first-order valence-electron chi connectivity index (χ1n) is 8.15. The van der Waals surface area contributed by atoms with Crippen LogP contribution in [0.4, 0.5) is 5.69 Å². The second-order valence-electron chi connectivity index (χ2n) is 5.81. The molecule has 0 aliphatic carbocycles. The third-order valence-corrected chi connectivity index (χ3v) is 6.19. The Labute approximate surface area is 149 Å². The maximum absolute atomic E-state index is 12.6. The molecule has 2 fully saturated rings. The normalized spacial score (nSPS) is 18.8. The van der Waals surface area contributed by atoms with E-state index in [0.717, 1.165) is 65.9 Å². The quantitative estimate of drug-likeness (QED) is 0.808. The van der Waals surface area contributed by atoms with Gasteiger partial charge in [-0.3, -0.25) is 4.79 Å². The van der Waals surface area contributed by atoms with Crippen molar-refractivity contribution in [1.29, 1.82) is 0 Å². The summed E-state index contributed by atoms with van der Waals surface area (Å²) in [5, 5.41) is 8.24. The van der Waals surface area contributed by atoms with Crippen molar-refractivity contribution in [3.05, 3.63) is 24.0 Å². The van der Waals surface area contributed by atoms with E-state index in [2.05, 4.69) is 26.1 Å². The summed E-state index contributed by atoms with van der Waals surface area (Å²) in [6.07, 6.45) is 0. The minimum atomic E-state index is -0.107. The SMILES string of the molecule is O=C(c1nnc2ccc(N3CCSCC3)cc2n1)N1CCSCC1. The van der Waals surface area contributed by atoms with E-state index in [1.54, 1.807) is 0 Å². The fourth-order valence-corrected chi connectivity index (χ4v) is 4.75. The number of carbonyl (C=O) groups excluding carboxylic acids is 1.